The van der Waals surface area contributed by atoms with Crippen molar-refractivity contribution in [3.05, 3.63) is 18.2 Å². The van der Waals surface area contributed by atoms with Crippen molar-refractivity contribution in [1.29, 1.82) is 0 Å². The van der Waals surface area contributed by atoms with Crippen LogP contribution >= 0.6 is 0 Å². The Hall–Kier alpha value is -4.30. The highest BCUT2D eigenvalue weighted by Gasteiger charge is 2.21. The van der Waals surface area contributed by atoms with E-state index in [2.05, 4.69) is 31.2 Å². The number of Topliss-reactive ketones (excluding diaryl/α,β-unsaturated/α-hetero) is 2. The van der Waals surface area contributed by atoms with Gasteiger partial charge in [-0.25, -0.2) is 4.98 Å². The number of carboxylic acid groups (broad SMARTS) is 2. The zero-order valence-electron chi connectivity index (χ0n) is 39.7. The predicted molar refractivity (Wildman–Crippen MR) is 248 cm³/mol. The van der Waals surface area contributed by atoms with E-state index in [4.69, 9.17) is 29.2 Å². The van der Waals surface area contributed by atoms with E-state index in [1.165, 1.54) is 64.1 Å². The van der Waals surface area contributed by atoms with Crippen LogP contribution in [0.4, 0.5) is 0 Å². The van der Waals surface area contributed by atoms with E-state index in [1.807, 2.05) is 0 Å². The van der Waals surface area contributed by atoms with Gasteiger partial charge >= 0.3 is 11.9 Å². The molecule has 0 bridgehead atoms. The van der Waals surface area contributed by atoms with Crippen molar-refractivity contribution >= 4 is 41.2 Å². The number of nitrogens with one attached hydrogen (secondary N) is 5. The molecule has 19 nitrogen and oxygen atoms in total. The zero-order valence-corrected chi connectivity index (χ0v) is 39.7. The van der Waals surface area contributed by atoms with Crippen LogP contribution in [0.2, 0.25) is 0 Å². The number of amides is 3. The number of hydrogen-bond acceptors (Lipinski definition) is 13. The molecule has 0 aliphatic rings. The number of hydrogen-bond donors (Lipinski definition) is 7. The van der Waals surface area contributed by atoms with Crippen LogP contribution in [0.25, 0.3) is 0 Å². The molecule has 1 rings (SSSR count). The molecule has 0 aromatic carbocycles. The molecule has 0 radical (unpaired) electrons. The monoisotopic (exact) mass is 939 g/mol. The number of aromatic amines is 1. The van der Waals surface area contributed by atoms with Crippen LogP contribution < -0.4 is 21.3 Å². The summed E-state index contributed by atoms with van der Waals surface area (Å²) in [5, 5.41) is 28.3. The van der Waals surface area contributed by atoms with Gasteiger partial charge in [0.05, 0.1) is 51.9 Å². The maximum atomic E-state index is 12.6. The number of carboxylic acids is 2. The Morgan fingerprint density at radius 3 is 1.67 bits per heavy atom. The quantitative estimate of drug-likeness (QED) is 0.0445. The highest BCUT2D eigenvalue weighted by atomic mass is 16.5. The SMILES string of the molecule is C[C@@H](Cc1cnc[nH]1)C(=O)CN[C@@H](CCCCNC(=O)COCCOCCNC(=O)COCCOCCCC(=O)CCCCCCCCCCCCCCCCC(=O)O)C(=O)NCC(=O)O. The van der Waals surface area contributed by atoms with Crippen molar-refractivity contribution in [2.75, 3.05) is 79.0 Å². The van der Waals surface area contributed by atoms with E-state index in [1.54, 1.807) is 13.1 Å². The summed E-state index contributed by atoms with van der Waals surface area (Å²) in [5.74, 6) is -3.12. The van der Waals surface area contributed by atoms with Crippen LogP contribution in [0, 0.1) is 5.92 Å². The molecule has 0 fully saturated rings. The fourth-order valence-electron chi connectivity index (χ4n) is 6.90. The summed E-state index contributed by atoms with van der Waals surface area (Å²) >= 11 is 0. The van der Waals surface area contributed by atoms with Crippen molar-refractivity contribution in [2.24, 2.45) is 5.92 Å². The molecule has 0 aliphatic carbocycles. The maximum Gasteiger partial charge on any atom is 0.322 e. The van der Waals surface area contributed by atoms with Gasteiger partial charge < -0.3 is 50.1 Å². The number of aliphatic carboxylic acids is 2. The molecule has 66 heavy (non-hydrogen) atoms. The number of carbonyl (C=O) groups is 7. The summed E-state index contributed by atoms with van der Waals surface area (Å²) in [4.78, 5) is 89.9. The van der Waals surface area contributed by atoms with E-state index in [-0.39, 0.29) is 88.5 Å². The molecule has 3 amide bonds. The third kappa shape index (κ3) is 37.9. The number of H-pyrrole nitrogens is 1. The smallest absolute Gasteiger partial charge is 0.322 e. The highest BCUT2D eigenvalue weighted by molar-refractivity contribution is 5.87. The Morgan fingerprint density at radius 2 is 1.11 bits per heavy atom. The Bertz CT molecular complexity index is 1450. The molecule has 7 N–H and O–H groups in total. The van der Waals surface area contributed by atoms with E-state index < -0.39 is 30.4 Å². The summed E-state index contributed by atoms with van der Waals surface area (Å²) in [7, 11) is 0. The van der Waals surface area contributed by atoms with Gasteiger partial charge in [0.2, 0.25) is 17.7 Å². The molecule has 19 heteroatoms. The molecule has 0 unspecified atom stereocenters. The fraction of sp³-hybridized carbons (Fsp3) is 0.787. The summed E-state index contributed by atoms with van der Waals surface area (Å²) in [5.41, 5.74) is 0.823. The average molecular weight is 939 g/mol. The van der Waals surface area contributed by atoms with Crippen molar-refractivity contribution in [1.82, 2.24) is 31.2 Å². The molecule has 1 aromatic heterocycles. The van der Waals surface area contributed by atoms with E-state index in [9.17, 15) is 33.6 Å². The van der Waals surface area contributed by atoms with Crippen LogP contribution in [0.15, 0.2) is 12.5 Å². The third-order valence-electron chi connectivity index (χ3n) is 10.7. The first-order valence-corrected chi connectivity index (χ1v) is 24.3. The first-order valence-electron chi connectivity index (χ1n) is 24.3. The van der Waals surface area contributed by atoms with Gasteiger partial charge in [0, 0.05) is 56.8 Å². The largest absolute Gasteiger partial charge is 0.481 e. The second-order valence-electron chi connectivity index (χ2n) is 16.7. The zero-order chi connectivity index (χ0) is 48.3. The Labute approximate surface area is 391 Å². The molecular formula is C47H82N6O13. The lowest BCUT2D eigenvalue weighted by Crippen LogP contribution is -2.47. The third-order valence-corrected chi connectivity index (χ3v) is 10.7. The van der Waals surface area contributed by atoms with Gasteiger partial charge in [-0.15, -0.1) is 0 Å². The van der Waals surface area contributed by atoms with Crippen molar-refractivity contribution in [3.63, 3.8) is 0 Å². The topological polar surface area (TPSA) is 274 Å². The predicted octanol–water partition coefficient (Wildman–Crippen LogP) is 4.46. The van der Waals surface area contributed by atoms with Crippen LogP contribution in [0.5, 0.6) is 0 Å². The minimum absolute atomic E-state index is 0.0559. The molecule has 1 aromatic rings. The molecule has 0 spiro atoms. The van der Waals surface area contributed by atoms with E-state index in [0.29, 0.717) is 64.7 Å². The second kappa shape index (κ2) is 42.1. The summed E-state index contributed by atoms with van der Waals surface area (Å²) in [6.07, 6.45) is 23.4. The number of nitrogens with zero attached hydrogens (tertiary/aromatic N) is 1. The number of imidazole rings is 1. The van der Waals surface area contributed by atoms with E-state index in [0.717, 1.165) is 37.8 Å². The number of unbranched alkanes of at least 4 members (excludes halogenated alkanes) is 14. The standard InChI is InChI=1S/C47H82N6O13/c1-38(31-39-32-48-37-53-39)42(55)33-51-41(47(62)52-34-46(60)61)21-16-17-23-49-43(56)35-66-30-28-64-26-24-50-44(57)36-65-29-27-63-25-18-20-40(54)19-14-12-10-8-6-4-2-3-5-7-9-11-13-15-22-45(58)59/h32,37-38,41,51H,2-31,33-36H2,1H3,(H,48,53)(H,49,56)(H,50,57)(H,52,62)(H,58,59)(H,60,61)/t38-,41-/m0/s1. The number of carbonyl (C=O) groups excluding carboxylic acids is 5. The molecular weight excluding hydrogens is 857 g/mol. The van der Waals surface area contributed by atoms with Gasteiger partial charge in [0.15, 0.2) is 0 Å². The molecule has 2 atom stereocenters. The lowest BCUT2D eigenvalue weighted by molar-refractivity contribution is -0.138. The second-order valence-corrected chi connectivity index (χ2v) is 16.7. The van der Waals surface area contributed by atoms with Crippen LogP contribution in [0.1, 0.15) is 147 Å². The Balaban J connectivity index is 1.91. The maximum absolute atomic E-state index is 12.6. The summed E-state index contributed by atoms with van der Waals surface area (Å²) in [6, 6.07) is -0.777. The van der Waals surface area contributed by atoms with E-state index >= 15 is 0 Å². The normalized spacial score (nSPS) is 12.1. The lowest BCUT2D eigenvalue weighted by Gasteiger charge is -2.19. The van der Waals surface area contributed by atoms with Gasteiger partial charge in [0.25, 0.3) is 0 Å². The van der Waals surface area contributed by atoms with Crippen LogP contribution in [-0.2, 0) is 58.9 Å². The Kier molecular flexibility index (Phi) is 38.1. The molecule has 0 saturated heterocycles. The summed E-state index contributed by atoms with van der Waals surface area (Å²) < 4.78 is 21.6. The van der Waals surface area contributed by atoms with Gasteiger partial charge in [-0.3, -0.25) is 38.9 Å². The minimum Gasteiger partial charge on any atom is -0.481 e. The molecule has 378 valence electrons. The molecule has 1 heterocycles. The van der Waals surface area contributed by atoms with Gasteiger partial charge in [-0.1, -0.05) is 84.0 Å². The van der Waals surface area contributed by atoms with Gasteiger partial charge in [-0.2, -0.15) is 0 Å². The number of aromatic nitrogens is 2. The fourth-order valence-corrected chi connectivity index (χ4v) is 6.90. The average Bonchev–Trinajstić information content (AvgIpc) is 3.80. The van der Waals surface area contributed by atoms with Gasteiger partial charge in [0.1, 0.15) is 31.3 Å². The molecule has 0 saturated carbocycles. The first kappa shape index (κ1) is 59.7. The number of ketones is 2. The summed E-state index contributed by atoms with van der Waals surface area (Å²) in [6.45, 7) is 3.32. The van der Waals surface area contributed by atoms with Crippen molar-refractivity contribution in [3.8, 4) is 0 Å². The first-order chi connectivity index (χ1) is 32.0. The van der Waals surface area contributed by atoms with Crippen molar-refractivity contribution < 1.29 is 62.7 Å². The number of rotatable bonds is 48. The minimum atomic E-state index is -1.18. The Morgan fingerprint density at radius 1 is 0.576 bits per heavy atom. The highest BCUT2D eigenvalue weighted by Crippen LogP contribution is 2.14. The van der Waals surface area contributed by atoms with Crippen LogP contribution in [0.3, 0.4) is 0 Å². The van der Waals surface area contributed by atoms with Crippen molar-refractivity contribution in [2.45, 2.75) is 154 Å². The lowest BCUT2D eigenvalue weighted by atomic mass is 10.00. The van der Waals surface area contributed by atoms with Crippen LogP contribution in [-0.4, -0.2) is 146 Å². The molecule has 0 aliphatic heterocycles. The van der Waals surface area contributed by atoms with Gasteiger partial charge in [-0.05, 0) is 44.9 Å². The number of ether oxygens (including phenoxy) is 4.